The second kappa shape index (κ2) is 13.9. The molecule has 0 aliphatic rings. The molecule has 3 aromatic carbocycles. The van der Waals surface area contributed by atoms with Crippen molar-refractivity contribution < 1.29 is 24.5 Å². The smallest absolute Gasteiger partial charge is 0.216 e. The molecule has 4 heterocycles. The fourth-order valence-electron chi connectivity index (χ4n) is 5.41. The summed E-state index contributed by atoms with van der Waals surface area (Å²) in [6.45, 7) is 8.68. The Morgan fingerprint density at radius 2 is 1.50 bits per heavy atom. The van der Waals surface area contributed by atoms with Gasteiger partial charge in [0.1, 0.15) is 0 Å². The molecule has 0 spiro atoms. The Kier molecular flexibility index (Phi) is 9.79. The van der Waals surface area contributed by atoms with E-state index >= 15 is 0 Å². The van der Waals surface area contributed by atoms with Gasteiger partial charge in [0.25, 0.3) is 0 Å². The molecule has 0 aliphatic carbocycles. The predicted molar refractivity (Wildman–Crippen MR) is 176 cm³/mol. The van der Waals surface area contributed by atoms with Gasteiger partial charge in [-0.25, -0.2) is 4.98 Å². The summed E-state index contributed by atoms with van der Waals surface area (Å²) in [6.07, 6.45) is 4.77. The van der Waals surface area contributed by atoms with Gasteiger partial charge in [0.05, 0.1) is 11.3 Å². The molecule has 1 radical (unpaired) electrons. The van der Waals surface area contributed by atoms with E-state index in [4.69, 9.17) is 14.4 Å². The van der Waals surface area contributed by atoms with E-state index in [-0.39, 0.29) is 20.1 Å². The van der Waals surface area contributed by atoms with Crippen molar-refractivity contribution in [2.75, 3.05) is 0 Å². The molecule has 0 atom stereocenters. The minimum atomic E-state index is 0. The number of aromatic nitrogens is 3. The molecule has 0 fully saturated rings. The summed E-state index contributed by atoms with van der Waals surface area (Å²) in [6, 6.07) is 38.8. The van der Waals surface area contributed by atoms with Gasteiger partial charge in [-0.15, -0.1) is 54.1 Å². The first-order chi connectivity index (χ1) is 21.0. The van der Waals surface area contributed by atoms with Gasteiger partial charge in [-0.1, -0.05) is 67.3 Å². The second-order valence-electron chi connectivity index (χ2n) is 11.2. The third-order valence-corrected chi connectivity index (χ3v) is 7.41. The number of aryl methyl sites for hydroxylation is 2. The van der Waals surface area contributed by atoms with Crippen molar-refractivity contribution >= 4 is 22.1 Å². The summed E-state index contributed by atoms with van der Waals surface area (Å²) in [5, 5.41) is 2.05. The summed E-state index contributed by atoms with van der Waals surface area (Å²) in [7, 11) is 0. The van der Waals surface area contributed by atoms with Crippen LogP contribution in [0.15, 0.2) is 114 Å². The third-order valence-electron chi connectivity index (χ3n) is 7.41. The zero-order valence-electron chi connectivity index (χ0n) is 25.3. The molecule has 0 saturated carbocycles. The van der Waals surface area contributed by atoms with Crippen LogP contribution in [0.2, 0.25) is 0 Å². The standard InChI is InChI=1S/C28H25N2O.C11H8N.Ir/c1-17(2)15-20-11-13-24(29-16-20)23-10-6-9-21-22-12-14-25(30-28(22)31-27(21)23)26-18(3)7-5-8-19(26)4;1-2-6-10(7-3-1)11-8-4-5-9-12-11;/h5-9,11-14,16-17H,15H2,1-4H3;1-6,8-9H;/q2*-1;. The van der Waals surface area contributed by atoms with Gasteiger partial charge in [0.15, 0.2) is 0 Å². The van der Waals surface area contributed by atoms with Crippen molar-refractivity contribution in [3.05, 3.63) is 138 Å². The van der Waals surface area contributed by atoms with Crippen LogP contribution in [0.5, 0.6) is 0 Å². The Balaban J connectivity index is 0.000000248. The number of nitrogens with zero attached hydrogens (tertiary/aromatic N) is 3. The Morgan fingerprint density at radius 1 is 0.705 bits per heavy atom. The largest absolute Gasteiger partial charge is 0.486 e. The normalized spacial score (nSPS) is 10.8. The van der Waals surface area contributed by atoms with Crippen LogP contribution in [0.1, 0.15) is 30.5 Å². The molecule has 0 N–H and O–H groups in total. The van der Waals surface area contributed by atoms with Gasteiger partial charge < -0.3 is 14.4 Å². The zero-order valence-corrected chi connectivity index (χ0v) is 27.7. The average Bonchev–Trinajstić information content (AvgIpc) is 3.41. The van der Waals surface area contributed by atoms with E-state index in [9.17, 15) is 0 Å². The van der Waals surface area contributed by atoms with E-state index in [0.717, 1.165) is 51.0 Å². The molecule has 5 heteroatoms. The summed E-state index contributed by atoms with van der Waals surface area (Å²) in [5.74, 6) is 0.607. The SMILES string of the molecule is Cc1cccc(C)c1-c1ccc2c(n1)oc1c(-c3ccc(CC(C)C)cn3)[c-]ccc12.[Ir].[c-]1ccccc1-c1ccccn1. The number of furan rings is 1. The Labute approximate surface area is 272 Å². The van der Waals surface area contributed by atoms with Crippen LogP contribution in [-0.4, -0.2) is 15.0 Å². The van der Waals surface area contributed by atoms with Gasteiger partial charge in [-0.2, -0.15) is 0 Å². The predicted octanol–water partition coefficient (Wildman–Crippen LogP) is 9.87. The van der Waals surface area contributed by atoms with Crippen LogP contribution in [0, 0.1) is 31.9 Å². The molecule has 4 nitrogen and oxygen atoms in total. The van der Waals surface area contributed by atoms with Crippen LogP contribution in [0.25, 0.3) is 55.8 Å². The van der Waals surface area contributed by atoms with Crippen LogP contribution in [-0.2, 0) is 26.5 Å². The van der Waals surface area contributed by atoms with E-state index in [1.54, 1.807) is 6.20 Å². The Morgan fingerprint density at radius 3 is 2.18 bits per heavy atom. The maximum Gasteiger partial charge on any atom is 0.216 e. The van der Waals surface area contributed by atoms with Gasteiger partial charge in [0.2, 0.25) is 5.71 Å². The number of hydrogen-bond donors (Lipinski definition) is 0. The van der Waals surface area contributed by atoms with Crippen LogP contribution < -0.4 is 0 Å². The van der Waals surface area contributed by atoms with Crippen LogP contribution in [0.3, 0.4) is 0 Å². The quantitative estimate of drug-likeness (QED) is 0.165. The molecule has 0 aliphatic heterocycles. The van der Waals surface area contributed by atoms with Crippen molar-refractivity contribution in [2.24, 2.45) is 5.92 Å². The fraction of sp³-hybridized carbons (Fsp3) is 0.154. The van der Waals surface area contributed by atoms with Crippen molar-refractivity contribution in [3.8, 4) is 33.8 Å². The molecule has 0 bridgehead atoms. The molecule has 7 aromatic rings. The van der Waals surface area contributed by atoms with E-state index in [1.807, 2.05) is 60.8 Å². The molecule has 4 aromatic heterocycles. The van der Waals surface area contributed by atoms with Crippen molar-refractivity contribution in [3.63, 3.8) is 0 Å². The summed E-state index contributed by atoms with van der Waals surface area (Å²) in [4.78, 5) is 13.8. The topological polar surface area (TPSA) is 51.8 Å². The maximum atomic E-state index is 6.29. The third kappa shape index (κ3) is 6.70. The van der Waals surface area contributed by atoms with Gasteiger partial charge in [0, 0.05) is 43.4 Å². The number of rotatable bonds is 5. The van der Waals surface area contributed by atoms with E-state index in [0.29, 0.717) is 11.6 Å². The van der Waals surface area contributed by atoms with Crippen molar-refractivity contribution in [1.29, 1.82) is 0 Å². The summed E-state index contributed by atoms with van der Waals surface area (Å²) >= 11 is 0. The number of pyridine rings is 3. The van der Waals surface area contributed by atoms with E-state index in [1.165, 1.54) is 22.3 Å². The molecule has 7 rings (SSSR count). The molecule has 0 unspecified atom stereocenters. The van der Waals surface area contributed by atoms with Crippen LogP contribution >= 0.6 is 0 Å². The summed E-state index contributed by atoms with van der Waals surface area (Å²) < 4.78 is 6.29. The molecular formula is C39H33IrN3O-2. The second-order valence-corrected chi connectivity index (χ2v) is 11.2. The van der Waals surface area contributed by atoms with E-state index in [2.05, 4.69) is 87.3 Å². The van der Waals surface area contributed by atoms with Gasteiger partial charge in [-0.3, -0.25) is 0 Å². The minimum absolute atomic E-state index is 0. The van der Waals surface area contributed by atoms with Crippen molar-refractivity contribution in [2.45, 2.75) is 34.1 Å². The fourth-order valence-corrected chi connectivity index (χ4v) is 5.41. The van der Waals surface area contributed by atoms with Gasteiger partial charge in [-0.05, 0) is 72.5 Å². The first-order valence-electron chi connectivity index (χ1n) is 14.6. The average molecular weight is 752 g/mol. The first kappa shape index (κ1) is 31.0. The van der Waals surface area contributed by atoms with Crippen molar-refractivity contribution in [1.82, 2.24) is 15.0 Å². The molecule has 0 amide bonds. The molecular weight excluding hydrogens is 719 g/mol. The Hall–Kier alpha value is -4.44. The molecule has 0 saturated heterocycles. The number of hydrogen-bond acceptors (Lipinski definition) is 4. The monoisotopic (exact) mass is 752 g/mol. The number of benzene rings is 3. The van der Waals surface area contributed by atoms with Crippen LogP contribution in [0.4, 0.5) is 0 Å². The summed E-state index contributed by atoms with van der Waals surface area (Å²) in [5.41, 5.74) is 11.0. The van der Waals surface area contributed by atoms with Gasteiger partial charge >= 0.3 is 0 Å². The minimum Gasteiger partial charge on any atom is -0.486 e. The molecule has 221 valence electrons. The van der Waals surface area contributed by atoms with E-state index < -0.39 is 0 Å². The first-order valence-corrected chi connectivity index (χ1v) is 14.6. The maximum absolute atomic E-state index is 6.29. The Bertz CT molecular complexity index is 1920. The zero-order chi connectivity index (χ0) is 29.8. The molecule has 44 heavy (non-hydrogen) atoms. The number of fused-ring (bicyclic) bond motifs is 3.